The molecule has 0 amide bonds. The van der Waals surface area contributed by atoms with Crippen LogP contribution in [-0.4, -0.2) is 24.2 Å². The number of nitrogens with zero attached hydrogens (tertiary/aromatic N) is 1. The number of carboxylic acids is 1. The molecule has 2 rings (SSSR count). The summed E-state index contributed by atoms with van der Waals surface area (Å²) in [4.78, 5) is 12.9. The number of fused-ring (bicyclic) bond motifs is 1. The van der Waals surface area contributed by atoms with Crippen LogP contribution in [0.3, 0.4) is 0 Å². The van der Waals surface area contributed by atoms with Crippen molar-refractivity contribution in [1.29, 1.82) is 0 Å². The Morgan fingerprint density at radius 3 is 2.89 bits per heavy atom. The molecule has 0 spiro atoms. The maximum Gasteiger partial charge on any atom is 0.303 e. The molecule has 0 saturated carbocycles. The van der Waals surface area contributed by atoms with Gasteiger partial charge in [-0.1, -0.05) is 24.6 Å². The summed E-state index contributed by atoms with van der Waals surface area (Å²) in [6, 6.07) is 8.62. The summed E-state index contributed by atoms with van der Waals surface area (Å²) in [5, 5.41) is 8.58. The molecule has 18 heavy (non-hydrogen) atoms. The van der Waals surface area contributed by atoms with Gasteiger partial charge < -0.3 is 10.0 Å². The maximum absolute atomic E-state index is 10.4. The van der Waals surface area contributed by atoms with Gasteiger partial charge in [-0.05, 0) is 37.3 Å². The van der Waals surface area contributed by atoms with Crippen molar-refractivity contribution in [3.63, 3.8) is 0 Å². The number of anilines is 1. The van der Waals surface area contributed by atoms with Crippen molar-refractivity contribution in [1.82, 2.24) is 0 Å². The summed E-state index contributed by atoms with van der Waals surface area (Å²) in [6.45, 7) is 2.19. The molecular formula is C15H21NO2. The van der Waals surface area contributed by atoms with E-state index in [2.05, 4.69) is 29.2 Å². The molecule has 0 aliphatic carbocycles. The molecule has 1 aliphatic heterocycles. The first-order chi connectivity index (χ1) is 8.77. The topological polar surface area (TPSA) is 40.5 Å². The van der Waals surface area contributed by atoms with Crippen LogP contribution in [0.15, 0.2) is 24.3 Å². The number of para-hydroxylation sites is 1. The molecule has 1 aromatic carbocycles. The van der Waals surface area contributed by atoms with Gasteiger partial charge in [0.05, 0.1) is 0 Å². The minimum atomic E-state index is -0.682. The van der Waals surface area contributed by atoms with Crippen LogP contribution < -0.4 is 4.90 Å². The summed E-state index contributed by atoms with van der Waals surface area (Å²) in [5.41, 5.74) is 2.83. The predicted octanol–water partition coefficient (Wildman–Crippen LogP) is 3.08. The molecule has 1 aromatic rings. The third kappa shape index (κ3) is 3.49. The molecule has 0 atom stereocenters. The maximum atomic E-state index is 10.4. The Bertz CT molecular complexity index is 403. The van der Waals surface area contributed by atoms with E-state index in [0.717, 1.165) is 32.4 Å². The standard InChI is InChI=1S/C15H21NO2/c17-15(18)10-2-1-5-11-16-12-6-8-13-7-3-4-9-14(13)16/h3-4,7,9H,1-2,5-6,8,10-12H2,(H,17,18). The highest BCUT2D eigenvalue weighted by molar-refractivity contribution is 5.66. The molecule has 1 heterocycles. The van der Waals surface area contributed by atoms with Gasteiger partial charge >= 0.3 is 5.97 Å². The van der Waals surface area contributed by atoms with E-state index >= 15 is 0 Å². The number of hydrogen-bond donors (Lipinski definition) is 1. The van der Waals surface area contributed by atoms with Gasteiger partial charge in [-0.3, -0.25) is 4.79 Å². The average Bonchev–Trinajstić information content (AvgIpc) is 2.38. The number of aryl methyl sites for hydroxylation is 1. The minimum Gasteiger partial charge on any atom is -0.481 e. The van der Waals surface area contributed by atoms with Crippen LogP contribution in [0.5, 0.6) is 0 Å². The van der Waals surface area contributed by atoms with Gasteiger partial charge in [0, 0.05) is 25.2 Å². The number of rotatable bonds is 6. The van der Waals surface area contributed by atoms with Gasteiger partial charge in [-0.15, -0.1) is 0 Å². The fourth-order valence-corrected chi connectivity index (χ4v) is 2.60. The van der Waals surface area contributed by atoms with Crippen molar-refractivity contribution in [2.75, 3.05) is 18.0 Å². The summed E-state index contributed by atoms with van der Waals surface area (Å²) < 4.78 is 0. The Balaban J connectivity index is 1.79. The lowest BCUT2D eigenvalue weighted by Crippen LogP contribution is -2.30. The van der Waals surface area contributed by atoms with Crippen molar-refractivity contribution in [2.24, 2.45) is 0 Å². The number of hydrogen-bond acceptors (Lipinski definition) is 2. The Hall–Kier alpha value is -1.51. The van der Waals surface area contributed by atoms with E-state index in [1.165, 1.54) is 24.1 Å². The lowest BCUT2D eigenvalue weighted by molar-refractivity contribution is -0.137. The van der Waals surface area contributed by atoms with Crippen LogP contribution in [0.1, 0.15) is 37.7 Å². The van der Waals surface area contributed by atoms with E-state index in [-0.39, 0.29) is 0 Å². The minimum absolute atomic E-state index is 0.302. The third-order valence-electron chi connectivity index (χ3n) is 3.53. The zero-order valence-electron chi connectivity index (χ0n) is 10.8. The van der Waals surface area contributed by atoms with E-state index in [4.69, 9.17) is 5.11 Å². The first-order valence-electron chi connectivity index (χ1n) is 6.82. The van der Waals surface area contributed by atoms with Crippen LogP contribution >= 0.6 is 0 Å². The third-order valence-corrected chi connectivity index (χ3v) is 3.53. The lowest BCUT2D eigenvalue weighted by Gasteiger charge is -2.31. The SMILES string of the molecule is O=C(O)CCCCCN1CCCc2ccccc21. The number of aliphatic carboxylic acids is 1. The van der Waals surface area contributed by atoms with Gasteiger partial charge in [0.15, 0.2) is 0 Å². The summed E-state index contributed by atoms with van der Waals surface area (Å²) in [6.07, 6.45) is 5.60. The quantitative estimate of drug-likeness (QED) is 0.785. The monoisotopic (exact) mass is 247 g/mol. The van der Waals surface area contributed by atoms with Crippen LogP contribution in [0, 0.1) is 0 Å². The molecule has 0 unspecified atom stereocenters. The predicted molar refractivity (Wildman–Crippen MR) is 73.1 cm³/mol. The number of carboxylic acid groups (broad SMARTS) is 1. The zero-order valence-corrected chi connectivity index (χ0v) is 10.8. The molecule has 0 bridgehead atoms. The van der Waals surface area contributed by atoms with Crippen LogP contribution in [0.2, 0.25) is 0 Å². The van der Waals surface area contributed by atoms with E-state index in [1.807, 2.05) is 0 Å². The Labute approximate surface area is 108 Å². The van der Waals surface area contributed by atoms with Gasteiger partial charge in [-0.2, -0.15) is 0 Å². The molecule has 98 valence electrons. The molecule has 0 radical (unpaired) electrons. The Kier molecular flexibility index (Phi) is 4.62. The normalized spacial score (nSPS) is 14.3. The summed E-state index contributed by atoms with van der Waals surface area (Å²) >= 11 is 0. The van der Waals surface area contributed by atoms with Crippen molar-refractivity contribution in [3.8, 4) is 0 Å². The van der Waals surface area contributed by atoms with Crippen molar-refractivity contribution >= 4 is 11.7 Å². The number of unbranched alkanes of at least 4 members (excludes halogenated alkanes) is 2. The van der Waals surface area contributed by atoms with Crippen molar-refractivity contribution < 1.29 is 9.90 Å². The molecule has 1 aliphatic rings. The van der Waals surface area contributed by atoms with Crippen molar-refractivity contribution in [2.45, 2.75) is 38.5 Å². The molecule has 0 saturated heterocycles. The van der Waals surface area contributed by atoms with Gasteiger partial charge in [0.25, 0.3) is 0 Å². The van der Waals surface area contributed by atoms with E-state index < -0.39 is 5.97 Å². The van der Waals surface area contributed by atoms with Crippen LogP contribution in [0.4, 0.5) is 5.69 Å². The molecule has 3 heteroatoms. The van der Waals surface area contributed by atoms with Gasteiger partial charge in [-0.25, -0.2) is 0 Å². The highest BCUT2D eigenvalue weighted by Gasteiger charge is 2.15. The van der Waals surface area contributed by atoms with E-state index in [1.54, 1.807) is 0 Å². The van der Waals surface area contributed by atoms with Crippen molar-refractivity contribution in [3.05, 3.63) is 29.8 Å². The van der Waals surface area contributed by atoms with Crippen LogP contribution in [0.25, 0.3) is 0 Å². The van der Waals surface area contributed by atoms with Crippen LogP contribution in [-0.2, 0) is 11.2 Å². The fourth-order valence-electron chi connectivity index (χ4n) is 2.60. The highest BCUT2D eigenvalue weighted by Crippen LogP contribution is 2.26. The zero-order chi connectivity index (χ0) is 12.8. The van der Waals surface area contributed by atoms with Gasteiger partial charge in [0.1, 0.15) is 0 Å². The first-order valence-corrected chi connectivity index (χ1v) is 6.82. The average molecular weight is 247 g/mol. The Morgan fingerprint density at radius 1 is 1.22 bits per heavy atom. The smallest absolute Gasteiger partial charge is 0.303 e. The first kappa shape index (κ1) is 12.9. The van der Waals surface area contributed by atoms with E-state index in [9.17, 15) is 4.79 Å². The molecular weight excluding hydrogens is 226 g/mol. The molecule has 0 fully saturated rings. The second-order valence-corrected chi connectivity index (χ2v) is 4.92. The summed E-state index contributed by atoms with van der Waals surface area (Å²) in [7, 11) is 0. The molecule has 3 nitrogen and oxygen atoms in total. The second-order valence-electron chi connectivity index (χ2n) is 4.92. The van der Waals surface area contributed by atoms with E-state index in [0.29, 0.717) is 6.42 Å². The number of carbonyl (C=O) groups is 1. The van der Waals surface area contributed by atoms with Gasteiger partial charge in [0.2, 0.25) is 0 Å². The number of benzene rings is 1. The molecule has 0 aromatic heterocycles. The summed E-state index contributed by atoms with van der Waals surface area (Å²) in [5.74, 6) is -0.682. The molecule has 1 N–H and O–H groups in total. The fraction of sp³-hybridized carbons (Fsp3) is 0.533. The lowest BCUT2D eigenvalue weighted by atomic mass is 10.0. The second kappa shape index (κ2) is 6.43. The Morgan fingerprint density at radius 2 is 2.06 bits per heavy atom. The largest absolute Gasteiger partial charge is 0.481 e. The highest BCUT2D eigenvalue weighted by atomic mass is 16.4.